The van der Waals surface area contributed by atoms with Crippen molar-refractivity contribution in [2.24, 2.45) is 11.3 Å². The number of rotatable bonds is 3. The normalized spacial score (nSPS) is 20.4. The summed E-state index contributed by atoms with van der Waals surface area (Å²) >= 11 is 0. The third kappa shape index (κ3) is 3.79. The zero-order chi connectivity index (χ0) is 21.5. The molecular formula is C26H30N2O2. The maximum Gasteiger partial charge on any atom is 0.228 e. The van der Waals surface area contributed by atoms with Gasteiger partial charge in [-0.15, -0.1) is 0 Å². The van der Waals surface area contributed by atoms with E-state index in [1.54, 1.807) is 0 Å². The van der Waals surface area contributed by atoms with Crippen molar-refractivity contribution in [1.29, 1.82) is 0 Å². The lowest BCUT2D eigenvalue weighted by atomic mass is 9.73. The first kappa shape index (κ1) is 20.4. The number of para-hydroxylation sites is 2. The summed E-state index contributed by atoms with van der Waals surface area (Å²) in [5, 5.41) is 3.55. The number of amides is 1. The van der Waals surface area contributed by atoms with Crippen LogP contribution in [0.5, 0.6) is 0 Å². The number of fused-ring (bicyclic) bond motifs is 1. The van der Waals surface area contributed by atoms with E-state index in [1.807, 2.05) is 59.5 Å². The first-order chi connectivity index (χ1) is 14.3. The Morgan fingerprint density at radius 3 is 2.43 bits per heavy atom. The highest BCUT2D eigenvalue weighted by Gasteiger charge is 2.43. The van der Waals surface area contributed by atoms with Crippen LogP contribution in [0.1, 0.15) is 58.6 Å². The molecule has 0 aromatic heterocycles. The Balaban J connectivity index is 1.98. The van der Waals surface area contributed by atoms with Gasteiger partial charge in [0, 0.05) is 24.1 Å². The summed E-state index contributed by atoms with van der Waals surface area (Å²) in [5.41, 5.74) is 4.24. The smallest absolute Gasteiger partial charge is 0.228 e. The first-order valence-electron chi connectivity index (χ1n) is 10.8. The number of hydrogen-bond donors (Lipinski definition) is 1. The third-order valence-electron chi connectivity index (χ3n) is 5.87. The molecule has 0 saturated heterocycles. The Morgan fingerprint density at radius 1 is 1.07 bits per heavy atom. The Bertz CT molecular complexity index is 1000. The van der Waals surface area contributed by atoms with Crippen molar-refractivity contribution in [1.82, 2.24) is 0 Å². The van der Waals surface area contributed by atoms with Crippen LogP contribution < -0.4 is 10.2 Å². The predicted molar refractivity (Wildman–Crippen MR) is 121 cm³/mol. The minimum atomic E-state index is -0.424. The molecule has 30 heavy (non-hydrogen) atoms. The van der Waals surface area contributed by atoms with Crippen LogP contribution in [0.4, 0.5) is 11.4 Å². The Morgan fingerprint density at radius 2 is 1.73 bits per heavy atom. The number of Topliss-reactive ketones (excluding diaryl/α,β-unsaturated/α-hetero) is 1. The van der Waals surface area contributed by atoms with Gasteiger partial charge in [0.15, 0.2) is 5.78 Å². The monoisotopic (exact) mass is 402 g/mol. The maximum absolute atomic E-state index is 13.6. The van der Waals surface area contributed by atoms with Crippen LogP contribution in [0.15, 0.2) is 65.9 Å². The van der Waals surface area contributed by atoms with Crippen molar-refractivity contribution in [2.75, 3.05) is 10.2 Å². The van der Waals surface area contributed by atoms with Gasteiger partial charge in [-0.05, 0) is 35.4 Å². The quantitative estimate of drug-likeness (QED) is 0.698. The summed E-state index contributed by atoms with van der Waals surface area (Å²) < 4.78 is 0. The maximum atomic E-state index is 13.6. The second-order valence-corrected chi connectivity index (χ2v) is 9.65. The SMILES string of the molecule is CC(C)CC(=O)N1c2ccccc2NC2=C(C(=O)CC(C)(C)C2)[C@@H]1c1ccccc1. The van der Waals surface area contributed by atoms with Gasteiger partial charge in [0.1, 0.15) is 0 Å². The van der Waals surface area contributed by atoms with Gasteiger partial charge in [-0.1, -0.05) is 70.2 Å². The second-order valence-electron chi connectivity index (χ2n) is 9.65. The van der Waals surface area contributed by atoms with E-state index in [0.29, 0.717) is 12.8 Å². The molecule has 0 bridgehead atoms. The highest BCUT2D eigenvalue weighted by molar-refractivity contribution is 6.06. The van der Waals surface area contributed by atoms with E-state index in [9.17, 15) is 9.59 Å². The molecule has 4 nitrogen and oxygen atoms in total. The number of nitrogens with zero attached hydrogens (tertiary/aromatic N) is 1. The number of carbonyl (C=O) groups is 2. The first-order valence-corrected chi connectivity index (χ1v) is 10.8. The molecule has 0 unspecified atom stereocenters. The molecule has 1 heterocycles. The Labute approximate surface area is 179 Å². The summed E-state index contributed by atoms with van der Waals surface area (Å²) in [5.74, 6) is 0.393. The lowest BCUT2D eigenvalue weighted by molar-refractivity contribution is -0.120. The number of ketones is 1. The molecule has 2 aromatic carbocycles. The van der Waals surface area contributed by atoms with Crippen molar-refractivity contribution >= 4 is 23.1 Å². The molecule has 4 rings (SSSR count). The van der Waals surface area contributed by atoms with Gasteiger partial charge in [0.2, 0.25) is 5.91 Å². The number of allylic oxidation sites excluding steroid dienone is 1. The highest BCUT2D eigenvalue weighted by atomic mass is 16.2. The van der Waals surface area contributed by atoms with Gasteiger partial charge < -0.3 is 5.32 Å². The van der Waals surface area contributed by atoms with E-state index in [-0.39, 0.29) is 23.0 Å². The van der Waals surface area contributed by atoms with Crippen LogP contribution in [0.3, 0.4) is 0 Å². The van der Waals surface area contributed by atoms with Crippen molar-refractivity contribution in [3.05, 3.63) is 71.4 Å². The van der Waals surface area contributed by atoms with Crippen molar-refractivity contribution < 1.29 is 9.59 Å². The highest BCUT2D eigenvalue weighted by Crippen LogP contribution is 2.48. The minimum absolute atomic E-state index is 0.0412. The van der Waals surface area contributed by atoms with Crippen LogP contribution >= 0.6 is 0 Å². The van der Waals surface area contributed by atoms with E-state index >= 15 is 0 Å². The largest absolute Gasteiger partial charge is 0.357 e. The predicted octanol–water partition coefficient (Wildman–Crippen LogP) is 5.88. The lowest BCUT2D eigenvalue weighted by Crippen LogP contribution is -2.39. The van der Waals surface area contributed by atoms with Gasteiger partial charge in [-0.2, -0.15) is 0 Å². The summed E-state index contributed by atoms with van der Waals surface area (Å²) in [4.78, 5) is 28.9. The number of nitrogens with one attached hydrogen (secondary N) is 1. The molecular weight excluding hydrogens is 372 g/mol. The van der Waals surface area contributed by atoms with Crippen molar-refractivity contribution in [3.8, 4) is 0 Å². The molecule has 1 amide bonds. The number of carbonyl (C=O) groups excluding carboxylic acids is 2. The number of hydrogen-bond acceptors (Lipinski definition) is 3. The molecule has 1 aliphatic heterocycles. The van der Waals surface area contributed by atoms with Gasteiger partial charge in [0.05, 0.1) is 17.4 Å². The summed E-state index contributed by atoms with van der Waals surface area (Å²) in [6.45, 7) is 8.37. The van der Waals surface area contributed by atoms with Crippen LogP contribution in [-0.4, -0.2) is 11.7 Å². The number of benzene rings is 2. The van der Waals surface area contributed by atoms with Crippen LogP contribution in [0.2, 0.25) is 0 Å². The fourth-order valence-electron chi connectivity index (χ4n) is 4.66. The van der Waals surface area contributed by atoms with E-state index in [0.717, 1.165) is 34.6 Å². The van der Waals surface area contributed by atoms with Crippen LogP contribution in [0.25, 0.3) is 0 Å². The molecule has 1 N–H and O–H groups in total. The molecule has 0 fully saturated rings. The van der Waals surface area contributed by atoms with Gasteiger partial charge >= 0.3 is 0 Å². The molecule has 2 aromatic rings. The van der Waals surface area contributed by atoms with E-state index in [2.05, 4.69) is 33.0 Å². The molecule has 1 atom stereocenters. The molecule has 1 aliphatic carbocycles. The van der Waals surface area contributed by atoms with Crippen molar-refractivity contribution in [2.45, 2.75) is 53.0 Å². The third-order valence-corrected chi connectivity index (χ3v) is 5.87. The average Bonchev–Trinajstić information content (AvgIpc) is 2.81. The number of anilines is 2. The topological polar surface area (TPSA) is 49.4 Å². The summed E-state index contributed by atoms with van der Waals surface area (Å²) in [6, 6.07) is 17.4. The van der Waals surface area contributed by atoms with E-state index < -0.39 is 6.04 Å². The van der Waals surface area contributed by atoms with Gasteiger partial charge in [-0.25, -0.2) is 0 Å². The molecule has 2 aliphatic rings. The zero-order valence-corrected chi connectivity index (χ0v) is 18.2. The molecule has 4 heteroatoms. The van der Waals surface area contributed by atoms with Crippen LogP contribution in [-0.2, 0) is 9.59 Å². The van der Waals surface area contributed by atoms with E-state index in [1.165, 1.54) is 0 Å². The van der Waals surface area contributed by atoms with Crippen LogP contribution in [0, 0.1) is 11.3 Å². The summed E-state index contributed by atoms with van der Waals surface area (Å²) in [7, 11) is 0. The van der Waals surface area contributed by atoms with Crippen molar-refractivity contribution in [3.63, 3.8) is 0 Å². The Kier molecular flexibility index (Phi) is 5.27. The fraction of sp³-hybridized carbons (Fsp3) is 0.385. The molecule has 0 radical (unpaired) electrons. The zero-order valence-electron chi connectivity index (χ0n) is 18.2. The molecule has 156 valence electrons. The molecule has 0 spiro atoms. The second kappa shape index (κ2) is 7.75. The van der Waals surface area contributed by atoms with E-state index in [4.69, 9.17) is 0 Å². The van der Waals surface area contributed by atoms with Gasteiger partial charge in [0.25, 0.3) is 0 Å². The fourth-order valence-corrected chi connectivity index (χ4v) is 4.66. The lowest BCUT2D eigenvalue weighted by Gasteiger charge is -2.37. The standard InChI is InChI=1S/C26H30N2O2/c1-17(2)14-23(30)28-21-13-9-8-12-19(21)27-20-15-26(3,4)16-22(29)24(20)25(28)18-10-6-5-7-11-18/h5-13,17,25,27H,14-16H2,1-4H3/t25-/m0/s1. The average molecular weight is 403 g/mol. The minimum Gasteiger partial charge on any atom is -0.357 e. The molecule has 0 saturated carbocycles. The summed E-state index contributed by atoms with van der Waals surface area (Å²) in [6.07, 6.45) is 1.69. The van der Waals surface area contributed by atoms with Gasteiger partial charge in [-0.3, -0.25) is 14.5 Å². The Hall–Kier alpha value is -2.88.